The lowest BCUT2D eigenvalue weighted by Crippen LogP contribution is -2.11. The van der Waals surface area contributed by atoms with Gasteiger partial charge in [0, 0.05) is 11.3 Å². The minimum Gasteiger partial charge on any atom is -0.489 e. The van der Waals surface area contributed by atoms with Gasteiger partial charge in [0.25, 0.3) is 5.91 Å². The number of anilines is 1. The summed E-state index contributed by atoms with van der Waals surface area (Å²) in [5.41, 5.74) is 2.30. The van der Waals surface area contributed by atoms with E-state index in [1.54, 1.807) is 12.1 Å². The quantitative estimate of drug-likeness (QED) is 0.399. The summed E-state index contributed by atoms with van der Waals surface area (Å²) in [5.74, 6) is 1.92. The molecule has 0 saturated carbocycles. The first-order valence-corrected chi connectivity index (χ1v) is 9.67. The number of benzene rings is 4. The molecule has 0 aromatic heterocycles. The largest absolute Gasteiger partial charge is 0.489 e. The number of para-hydroxylation sites is 1. The highest BCUT2D eigenvalue weighted by atomic mass is 16.5. The summed E-state index contributed by atoms with van der Waals surface area (Å²) >= 11 is 0. The highest BCUT2D eigenvalue weighted by molar-refractivity contribution is 6.04. The molecule has 0 spiro atoms. The van der Waals surface area contributed by atoms with Crippen LogP contribution in [0.25, 0.3) is 0 Å². The number of hydrogen-bond donors (Lipinski definition) is 1. The van der Waals surface area contributed by atoms with Crippen LogP contribution in [0.2, 0.25) is 0 Å². The number of carbonyl (C=O) groups is 1. The number of rotatable bonds is 7. The molecule has 0 bridgehead atoms. The van der Waals surface area contributed by atoms with Crippen molar-refractivity contribution in [3.8, 4) is 17.2 Å². The fraction of sp³-hybridized carbons (Fsp3) is 0.0385. The molecule has 4 aromatic rings. The van der Waals surface area contributed by atoms with Gasteiger partial charge in [0.15, 0.2) is 0 Å². The van der Waals surface area contributed by atoms with Crippen molar-refractivity contribution < 1.29 is 14.3 Å². The molecule has 0 aliphatic heterocycles. The van der Waals surface area contributed by atoms with E-state index in [1.165, 1.54) is 0 Å². The average molecular weight is 395 g/mol. The number of hydrogen-bond acceptors (Lipinski definition) is 3. The van der Waals surface area contributed by atoms with Gasteiger partial charge in [0.1, 0.15) is 23.9 Å². The van der Waals surface area contributed by atoms with Crippen molar-refractivity contribution in [3.05, 3.63) is 120 Å². The van der Waals surface area contributed by atoms with Gasteiger partial charge in [-0.3, -0.25) is 4.79 Å². The molecule has 4 rings (SSSR count). The summed E-state index contributed by atoms with van der Waals surface area (Å²) in [6.45, 7) is 0.453. The fourth-order valence-electron chi connectivity index (χ4n) is 2.90. The molecule has 1 amide bonds. The zero-order chi connectivity index (χ0) is 20.6. The molecule has 0 saturated heterocycles. The van der Waals surface area contributed by atoms with Crippen LogP contribution in [0.1, 0.15) is 15.9 Å². The summed E-state index contributed by atoms with van der Waals surface area (Å²) in [4.78, 5) is 12.6. The topological polar surface area (TPSA) is 47.6 Å². The summed E-state index contributed by atoms with van der Waals surface area (Å²) in [6.07, 6.45) is 0. The summed E-state index contributed by atoms with van der Waals surface area (Å²) in [5, 5.41) is 2.90. The molecular formula is C26H21NO3. The van der Waals surface area contributed by atoms with Crippen molar-refractivity contribution in [2.75, 3.05) is 5.32 Å². The van der Waals surface area contributed by atoms with Crippen molar-refractivity contribution in [1.82, 2.24) is 0 Å². The first kappa shape index (κ1) is 19.3. The van der Waals surface area contributed by atoms with Crippen molar-refractivity contribution in [3.63, 3.8) is 0 Å². The average Bonchev–Trinajstić information content (AvgIpc) is 2.80. The van der Waals surface area contributed by atoms with Crippen molar-refractivity contribution in [2.24, 2.45) is 0 Å². The maximum Gasteiger partial charge on any atom is 0.255 e. The first-order chi connectivity index (χ1) is 14.8. The van der Waals surface area contributed by atoms with Crippen molar-refractivity contribution in [2.45, 2.75) is 6.61 Å². The Morgan fingerprint density at radius 1 is 0.667 bits per heavy atom. The standard InChI is InChI=1S/C26H21NO3/c28-26(21-10-7-13-25(18-21)29-19-20-8-3-1-4-9-20)27-22-14-16-24(17-15-22)30-23-11-5-2-6-12-23/h1-18H,19H2,(H,27,28). The molecule has 0 atom stereocenters. The van der Waals surface area contributed by atoms with E-state index in [1.807, 2.05) is 97.1 Å². The molecule has 0 fully saturated rings. The normalized spacial score (nSPS) is 10.3. The predicted octanol–water partition coefficient (Wildman–Crippen LogP) is 6.31. The summed E-state index contributed by atoms with van der Waals surface area (Å²) in [7, 11) is 0. The molecule has 0 heterocycles. The predicted molar refractivity (Wildman–Crippen MR) is 118 cm³/mol. The second-order valence-corrected chi connectivity index (χ2v) is 6.70. The number of nitrogens with one attached hydrogen (secondary N) is 1. The Morgan fingerprint density at radius 2 is 1.30 bits per heavy atom. The second-order valence-electron chi connectivity index (χ2n) is 6.70. The van der Waals surface area contributed by atoms with Crippen LogP contribution in [0.15, 0.2) is 109 Å². The van der Waals surface area contributed by atoms with E-state index in [0.717, 1.165) is 11.3 Å². The van der Waals surface area contributed by atoms with Crippen LogP contribution in [0.3, 0.4) is 0 Å². The Morgan fingerprint density at radius 3 is 2.03 bits per heavy atom. The van der Waals surface area contributed by atoms with Crippen LogP contribution in [-0.4, -0.2) is 5.91 Å². The summed E-state index contributed by atoms with van der Waals surface area (Å²) < 4.78 is 11.6. The molecule has 0 radical (unpaired) electrons. The number of carbonyl (C=O) groups excluding carboxylic acids is 1. The third kappa shape index (κ3) is 5.26. The zero-order valence-electron chi connectivity index (χ0n) is 16.3. The zero-order valence-corrected chi connectivity index (χ0v) is 16.3. The van der Waals surface area contributed by atoms with Gasteiger partial charge in [0.05, 0.1) is 0 Å². The van der Waals surface area contributed by atoms with Crippen LogP contribution in [0.5, 0.6) is 17.2 Å². The molecule has 0 unspecified atom stereocenters. The molecule has 30 heavy (non-hydrogen) atoms. The molecule has 4 nitrogen and oxygen atoms in total. The van der Waals surface area contributed by atoms with Crippen LogP contribution in [0, 0.1) is 0 Å². The monoisotopic (exact) mass is 395 g/mol. The Kier molecular flexibility index (Phi) is 6.06. The minimum atomic E-state index is -0.197. The molecule has 4 heteroatoms. The van der Waals surface area contributed by atoms with Gasteiger partial charge in [-0.25, -0.2) is 0 Å². The van der Waals surface area contributed by atoms with Gasteiger partial charge in [-0.15, -0.1) is 0 Å². The molecule has 1 N–H and O–H groups in total. The van der Waals surface area contributed by atoms with E-state index in [2.05, 4.69) is 5.32 Å². The second kappa shape index (κ2) is 9.43. The van der Waals surface area contributed by atoms with Crippen LogP contribution < -0.4 is 14.8 Å². The van der Waals surface area contributed by atoms with Gasteiger partial charge in [-0.2, -0.15) is 0 Å². The lowest BCUT2D eigenvalue weighted by Gasteiger charge is -2.10. The minimum absolute atomic E-state index is 0.197. The van der Waals surface area contributed by atoms with E-state index in [4.69, 9.17) is 9.47 Å². The third-order valence-electron chi connectivity index (χ3n) is 4.44. The smallest absolute Gasteiger partial charge is 0.255 e. The van der Waals surface area contributed by atoms with Gasteiger partial charge in [-0.05, 0) is 60.2 Å². The van der Waals surface area contributed by atoms with Gasteiger partial charge in [-0.1, -0.05) is 54.6 Å². The number of ether oxygens (including phenoxy) is 2. The van der Waals surface area contributed by atoms with Gasteiger partial charge in [0.2, 0.25) is 0 Å². The molecule has 0 aliphatic carbocycles. The fourth-order valence-corrected chi connectivity index (χ4v) is 2.90. The maximum absolute atomic E-state index is 12.6. The molecule has 0 aliphatic rings. The molecular weight excluding hydrogens is 374 g/mol. The lowest BCUT2D eigenvalue weighted by atomic mass is 10.2. The highest BCUT2D eigenvalue weighted by Crippen LogP contribution is 2.23. The number of amides is 1. The Bertz CT molecular complexity index is 1090. The Balaban J connectivity index is 1.36. The van der Waals surface area contributed by atoms with Crippen LogP contribution in [0.4, 0.5) is 5.69 Å². The van der Waals surface area contributed by atoms with E-state index in [9.17, 15) is 4.79 Å². The van der Waals surface area contributed by atoms with E-state index < -0.39 is 0 Å². The van der Waals surface area contributed by atoms with Gasteiger partial charge >= 0.3 is 0 Å². The van der Waals surface area contributed by atoms with E-state index >= 15 is 0 Å². The Hall–Kier alpha value is -4.05. The lowest BCUT2D eigenvalue weighted by molar-refractivity contribution is 0.102. The first-order valence-electron chi connectivity index (χ1n) is 9.67. The SMILES string of the molecule is O=C(Nc1ccc(Oc2ccccc2)cc1)c1cccc(OCc2ccccc2)c1. The van der Waals surface area contributed by atoms with Crippen LogP contribution >= 0.6 is 0 Å². The van der Waals surface area contributed by atoms with E-state index in [-0.39, 0.29) is 5.91 Å². The Labute approximate surface area is 175 Å². The summed E-state index contributed by atoms with van der Waals surface area (Å²) in [6, 6.07) is 33.9. The third-order valence-corrected chi connectivity index (χ3v) is 4.44. The molecule has 4 aromatic carbocycles. The maximum atomic E-state index is 12.6. The van der Waals surface area contributed by atoms with Crippen LogP contribution in [-0.2, 0) is 6.61 Å². The van der Waals surface area contributed by atoms with Crippen molar-refractivity contribution >= 4 is 11.6 Å². The van der Waals surface area contributed by atoms with Gasteiger partial charge < -0.3 is 14.8 Å². The van der Waals surface area contributed by atoms with E-state index in [0.29, 0.717) is 29.4 Å². The highest BCUT2D eigenvalue weighted by Gasteiger charge is 2.08. The molecule has 148 valence electrons. The van der Waals surface area contributed by atoms with Crippen molar-refractivity contribution in [1.29, 1.82) is 0 Å².